The van der Waals surface area contributed by atoms with E-state index >= 15 is 0 Å². The molecule has 4 N–H and O–H groups in total. The highest BCUT2D eigenvalue weighted by atomic mass is 16.3. The zero-order valence-electron chi connectivity index (χ0n) is 11.2. The van der Waals surface area contributed by atoms with E-state index in [0.29, 0.717) is 5.92 Å². The molecule has 1 atom stereocenters. The van der Waals surface area contributed by atoms with Crippen LogP contribution >= 0.6 is 0 Å². The van der Waals surface area contributed by atoms with Gasteiger partial charge in [-0.25, -0.2) is 0 Å². The Balaban J connectivity index is 2.58. The molecule has 0 aliphatic heterocycles. The van der Waals surface area contributed by atoms with Crippen LogP contribution < -0.4 is 11.1 Å². The summed E-state index contributed by atoms with van der Waals surface area (Å²) in [6.45, 7) is 4.12. The topological polar surface area (TPSA) is 92.4 Å². The van der Waals surface area contributed by atoms with Crippen LogP contribution in [0.15, 0.2) is 0 Å². The molecule has 0 aromatic rings. The van der Waals surface area contributed by atoms with E-state index in [0.717, 1.165) is 32.1 Å². The minimum absolute atomic E-state index is 0.0472. The van der Waals surface area contributed by atoms with Crippen molar-refractivity contribution in [3.63, 3.8) is 0 Å². The van der Waals surface area contributed by atoms with Crippen LogP contribution in [0.3, 0.4) is 0 Å². The van der Waals surface area contributed by atoms with Crippen LogP contribution in [0, 0.1) is 11.3 Å². The van der Waals surface area contributed by atoms with E-state index in [9.17, 15) is 14.7 Å². The highest BCUT2D eigenvalue weighted by molar-refractivity contribution is 5.84. The molecule has 2 amide bonds. The Bertz CT molecular complexity index is 309. The summed E-state index contributed by atoms with van der Waals surface area (Å²) < 4.78 is 0. The number of rotatable bonds is 6. The van der Waals surface area contributed by atoms with Crippen LogP contribution in [0.2, 0.25) is 0 Å². The second kappa shape index (κ2) is 6.18. The van der Waals surface area contributed by atoms with Crippen molar-refractivity contribution in [1.82, 2.24) is 5.32 Å². The van der Waals surface area contributed by atoms with Crippen molar-refractivity contribution >= 4 is 11.8 Å². The van der Waals surface area contributed by atoms with Crippen LogP contribution in [0.25, 0.3) is 0 Å². The SMILES string of the molecule is CC(C)CC1(C(=O)NCC(O)C(N)=O)CCCC1. The molecule has 0 bridgehead atoms. The predicted octanol–water partition coefficient (Wildman–Crippen LogP) is 0.555. The summed E-state index contributed by atoms with van der Waals surface area (Å²) in [6.07, 6.45) is 3.47. The number of nitrogens with one attached hydrogen (secondary N) is 1. The fraction of sp³-hybridized carbons (Fsp3) is 0.846. The van der Waals surface area contributed by atoms with Crippen molar-refractivity contribution in [2.24, 2.45) is 17.1 Å². The minimum Gasteiger partial charge on any atom is -0.381 e. The van der Waals surface area contributed by atoms with Gasteiger partial charge in [0.1, 0.15) is 6.10 Å². The monoisotopic (exact) mass is 256 g/mol. The average molecular weight is 256 g/mol. The minimum atomic E-state index is -1.30. The number of hydrogen-bond acceptors (Lipinski definition) is 3. The first-order chi connectivity index (χ1) is 8.37. The van der Waals surface area contributed by atoms with Gasteiger partial charge in [-0.2, -0.15) is 0 Å². The maximum Gasteiger partial charge on any atom is 0.248 e. The van der Waals surface area contributed by atoms with Gasteiger partial charge in [-0.15, -0.1) is 0 Å². The number of hydrogen-bond donors (Lipinski definition) is 3. The third kappa shape index (κ3) is 3.70. The molecule has 0 heterocycles. The Morgan fingerprint density at radius 1 is 1.33 bits per heavy atom. The van der Waals surface area contributed by atoms with E-state index in [2.05, 4.69) is 19.2 Å². The molecular weight excluding hydrogens is 232 g/mol. The van der Waals surface area contributed by atoms with Gasteiger partial charge in [0.15, 0.2) is 0 Å². The lowest BCUT2D eigenvalue weighted by Crippen LogP contribution is -2.46. The van der Waals surface area contributed by atoms with Crippen molar-refractivity contribution in [3.8, 4) is 0 Å². The summed E-state index contributed by atoms with van der Waals surface area (Å²) in [4.78, 5) is 23.0. The van der Waals surface area contributed by atoms with Crippen LogP contribution in [-0.2, 0) is 9.59 Å². The van der Waals surface area contributed by atoms with Crippen molar-refractivity contribution in [2.45, 2.75) is 52.1 Å². The molecule has 18 heavy (non-hydrogen) atoms. The summed E-state index contributed by atoms with van der Waals surface area (Å²) >= 11 is 0. The van der Waals surface area contributed by atoms with Gasteiger partial charge in [0.05, 0.1) is 6.54 Å². The molecule has 0 saturated heterocycles. The van der Waals surface area contributed by atoms with Crippen molar-refractivity contribution in [3.05, 3.63) is 0 Å². The fourth-order valence-corrected chi connectivity index (χ4v) is 2.83. The van der Waals surface area contributed by atoms with Gasteiger partial charge < -0.3 is 16.2 Å². The van der Waals surface area contributed by atoms with Gasteiger partial charge in [0.2, 0.25) is 11.8 Å². The average Bonchev–Trinajstić information content (AvgIpc) is 2.73. The first-order valence-electron chi connectivity index (χ1n) is 6.63. The smallest absolute Gasteiger partial charge is 0.248 e. The second-order valence-electron chi connectivity index (χ2n) is 5.71. The number of primary amides is 1. The van der Waals surface area contributed by atoms with Gasteiger partial charge in [0.25, 0.3) is 0 Å². The second-order valence-corrected chi connectivity index (χ2v) is 5.71. The lowest BCUT2D eigenvalue weighted by molar-refractivity contribution is -0.133. The third-order valence-corrected chi connectivity index (χ3v) is 3.63. The van der Waals surface area contributed by atoms with E-state index < -0.39 is 12.0 Å². The molecule has 5 heteroatoms. The standard InChI is InChI=1S/C13H24N2O3/c1-9(2)7-13(5-3-4-6-13)12(18)15-8-10(16)11(14)17/h9-10,16H,3-8H2,1-2H3,(H2,14,17)(H,15,18). The quantitative estimate of drug-likeness (QED) is 0.648. The van der Waals surface area contributed by atoms with E-state index in [1.807, 2.05) is 0 Å². The van der Waals surface area contributed by atoms with Crippen molar-refractivity contribution in [2.75, 3.05) is 6.54 Å². The highest BCUT2D eigenvalue weighted by Crippen LogP contribution is 2.43. The van der Waals surface area contributed by atoms with E-state index in [-0.39, 0.29) is 17.9 Å². The molecule has 0 aromatic heterocycles. The third-order valence-electron chi connectivity index (χ3n) is 3.63. The predicted molar refractivity (Wildman–Crippen MR) is 68.6 cm³/mol. The lowest BCUT2D eigenvalue weighted by Gasteiger charge is -2.29. The first-order valence-corrected chi connectivity index (χ1v) is 6.63. The van der Waals surface area contributed by atoms with E-state index in [1.165, 1.54) is 0 Å². The number of carbonyl (C=O) groups excluding carboxylic acids is 2. The van der Waals surface area contributed by atoms with Gasteiger partial charge in [-0.1, -0.05) is 26.7 Å². The zero-order chi connectivity index (χ0) is 13.8. The number of amides is 2. The Labute approximate surface area is 108 Å². The Hall–Kier alpha value is -1.10. The molecule has 1 aliphatic rings. The van der Waals surface area contributed by atoms with Crippen LogP contribution in [0.5, 0.6) is 0 Å². The largest absolute Gasteiger partial charge is 0.381 e. The number of aliphatic hydroxyl groups is 1. The van der Waals surface area contributed by atoms with Crippen molar-refractivity contribution < 1.29 is 14.7 Å². The zero-order valence-corrected chi connectivity index (χ0v) is 11.2. The van der Waals surface area contributed by atoms with Gasteiger partial charge in [-0.3, -0.25) is 9.59 Å². The molecule has 1 aliphatic carbocycles. The molecule has 1 rings (SSSR count). The Morgan fingerprint density at radius 3 is 2.33 bits per heavy atom. The molecule has 0 radical (unpaired) electrons. The molecule has 0 aromatic carbocycles. The normalized spacial score (nSPS) is 19.8. The van der Waals surface area contributed by atoms with Crippen LogP contribution in [0.4, 0.5) is 0 Å². The summed E-state index contributed by atoms with van der Waals surface area (Å²) in [5, 5.41) is 12.0. The number of nitrogens with two attached hydrogens (primary N) is 1. The van der Waals surface area contributed by atoms with Gasteiger partial charge in [-0.05, 0) is 25.2 Å². The molecular formula is C13H24N2O3. The lowest BCUT2D eigenvalue weighted by atomic mass is 9.77. The van der Waals surface area contributed by atoms with Crippen molar-refractivity contribution in [1.29, 1.82) is 0 Å². The maximum atomic E-state index is 12.3. The number of aliphatic hydroxyl groups excluding tert-OH is 1. The molecule has 104 valence electrons. The molecule has 0 spiro atoms. The first kappa shape index (κ1) is 15.0. The van der Waals surface area contributed by atoms with E-state index in [4.69, 9.17) is 5.73 Å². The van der Waals surface area contributed by atoms with Crippen LogP contribution in [-0.4, -0.2) is 29.6 Å². The Morgan fingerprint density at radius 2 is 1.89 bits per heavy atom. The molecule has 1 fully saturated rings. The summed E-state index contributed by atoms with van der Waals surface area (Å²) in [6, 6.07) is 0. The van der Waals surface area contributed by atoms with Gasteiger partial charge >= 0.3 is 0 Å². The fourth-order valence-electron chi connectivity index (χ4n) is 2.83. The van der Waals surface area contributed by atoms with Crippen LogP contribution in [0.1, 0.15) is 46.0 Å². The Kier molecular flexibility index (Phi) is 5.14. The molecule has 5 nitrogen and oxygen atoms in total. The summed E-state index contributed by atoms with van der Waals surface area (Å²) in [7, 11) is 0. The maximum absolute atomic E-state index is 12.3. The molecule has 1 saturated carbocycles. The molecule has 1 unspecified atom stereocenters. The number of carbonyl (C=O) groups is 2. The van der Waals surface area contributed by atoms with E-state index in [1.54, 1.807) is 0 Å². The summed E-state index contributed by atoms with van der Waals surface area (Å²) in [5.74, 6) is -0.399. The highest BCUT2D eigenvalue weighted by Gasteiger charge is 2.41. The summed E-state index contributed by atoms with van der Waals surface area (Å²) in [5.41, 5.74) is 4.64. The van der Waals surface area contributed by atoms with Gasteiger partial charge in [0, 0.05) is 5.41 Å².